The fourth-order valence-electron chi connectivity index (χ4n) is 9.74. The molecular weight excluding hydrogens is 380 g/mol. The quantitative estimate of drug-likeness (QED) is 0.356. The first-order valence-corrected chi connectivity index (χ1v) is 13.4. The second-order valence-electron chi connectivity index (χ2n) is 13.1. The summed E-state index contributed by atoms with van der Waals surface area (Å²) >= 11 is 0. The summed E-state index contributed by atoms with van der Waals surface area (Å²) in [5, 5.41) is 0. The Hall–Kier alpha value is -0.600. The third-order valence-corrected chi connectivity index (χ3v) is 11.6. The van der Waals surface area contributed by atoms with Gasteiger partial charge in [0.25, 0.3) is 0 Å². The van der Waals surface area contributed by atoms with Crippen molar-refractivity contribution in [2.75, 3.05) is 0 Å². The second-order valence-corrected chi connectivity index (χ2v) is 13.1. The fourth-order valence-corrected chi connectivity index (χ4v) is 9.74. The summed E-state index contributed by atoms with van der Waals surface area (Å²) < 4.78 is 12.7. The van der Waals surface area contributed by atoms with Crippen molar-refractivity contribution in [3.63, 3.8) is 0 Å². The molecule has 2 heterocycles. The molecule has 0 aromatic rings. The van der Waals surface area contributed by atoms with E-state index in [0.29, 0.717) is 34.9 Å². The van der Waals surface area contributed by atoms with Crippen LogP contribution in [0, 0.1) is 40.4 Å². The van der Waals surface area contributed by atoms with Gasteiger partial charge in [0.05, 0.1) is 17.8 Å². The normalized spacial score (nSPS) is 54.3. The summed E-state index contributed by atoms with van der Waals surface area (Å²) in [6.45, 7) is 16.9. The monoisotopic (exact) mass is 424 g/mol. The molecule has 0 radical (unpaired) electrons. The van der Waals surface area contributed by atoms with Gasteiger partial charge < -0.3 is 9.47 Å². The Morgan fingerprint density at radius 1 is 1.06 bits per heavy atom. The Labute approximate surface area is 190 Å². The van der Waals surface area contributed by atoms with Crippen LogP contribution >= 0.6 is 0 Å². The maximum absolute atomic E-state index is 6.64. The lowest BCUT2D eigenvalue weighted by Gasteiger charge is -2.57. The summed E-state index contributed by atoms with van der Waals surface area (Å²) in [4.78, 5) is 0. The highest BCUT2D eigenvalue weighted by atomic mass is 16.6. The SMILES string of the molecule is C=C([C@H]1CC[C@H]2[C@@H]3CC=C4[C@H]5O[C@H]5CC[C@]4(C)[C@H]3CC[C@]12C)[C@H]1C[C@@H](CC)C(C)(C)O1. The molecule has 2 heteroatoms. The fraction of sp³-hybridized carbons (Fsp3) is 0.862. The largest absolute Gasteiger partial charge is 0.368 e. The zero-order chi connectivity index (χ0) is 21.8. The molecule has 10 atom stereocenters. The maximum atomic E-state index is 6.64. The minimum atomic E-state index is 0.00179. The molecule has 0 unspecified atom stereocenters. The number of fused-ring (bicyclic) bond motifs is 7. The second kappa shape index (κ2) is 6.72. The molecule has 0 N–H and O–H groups in total. The van der Waals surface area contributed by atoms with E-state index in [9.17, 15) is 0 Å². The number of rotatable bonds is 3. The van der Waals surface area contributed by atoms with E-state index in [4.69, 9.17) is 16.1 Å². The minimum Gasteiger partial charge on any atom is -0.368 e. The molecule has 0 bridgehead atoms. The highest BCUT2D eigenvalue weighted by Crippen LogP contribution is 2.68. The van der Waals surface area contributed by atoms with Gasteiger partial charge in [-0.3, -0.25) is 0 Å². The number of ether oxygens (including phenoxy) is 2. The van der Waals surface area contributed by atoms with Gasteiger partial charge in [-0.25, -0.2) is 0 Å². The Bertz CT molecular complexity index is 810. The van der Waals surface area contributed by atoms with Crippen LogP contribution in [0.5, 0.6) is 0 Å². The van der Waals surface area contributed by atoms with Crippen molar-refractivity contribution in [3.05, 3.63) is 23.8 Å². The highest BCUT2D eigenvalue weighted by Gasteiger charge is 2.63. The summed E-state index contributed by atoms with van der Waals surface area (Å²) in [5.74, 6) is 3.91. The van der Waals surface area contributed by atoms with Gasteiger partial charge in [-0.05, 0) is 117 Å². The van der Waals surface area contributed by atoms with Gasteiger partial charge in [-0.1, -0.05) is 39.8 Å². The van der Waals surface area contributed by atoms with Crippen molar-refractivity contribution in [2.45, 2.75) is 116 Å². The smallest absolute Gasteiger partial charge is 0.106 e. The molecule has 2 saturated heterocycles. The summed E-state index contributed by atoms with van der Waals surface area (Å²) in [6, 6.07) is 0. The van der Waals surface area contributed by atoms with E-state index in [2.05, 4.69) is 40.7 Å². The standard InChI is InChI=1S/C29H44O2/c1-7-18-16-25(31-27(18,3)4)17(2)20-10-11-21-19-8-9-23-26-24(30-26)13-15-29(23,6)22(19)12-14-28(20,21)5/h9,18-22,24-26H,2,7-8,10-16H2,1,3-6H3/t18-,19+,20-,21+,22+,24+,25-,26-,28-,29-/m1/s1. The van der Waals surface area contributed by atoms with Crippen LogP contribution in [0.3, 0.4) is 0 Å². The van der Waals surface area contributed by atoms with E-state index >= 15 is 0 Å². The average molecular weight is 425 g/mol. The van der Waals surface area contributed by atoms with E-state index in [0.717, 1.165) is 17.8 Å². The third-order valence-electron chi connectivity index (χ3n) is 11.6. The van der Waals surface area contributed by atoms with Crippen LogP contribution in [0.2, 0.25) is 0 Å². The van der Waals surface area contributed by atoms with Crippen LogP contribution in [0.4, 0.5) is 0 Å². The molecule has 2 aliphatic heterocycles. The van der Waals surface area contributed by atoms with E-state index in [1.807, 2.05) is 0 Å². The third kappa shape index (κ3) is 2.82. The predicted octanol–water partition coefficient (Wildman–Crippen LogP) is 7.09. The van der Waals surface area contributed by atoms with E-state index in [-0.39, 0.29) is 11.7 Å². The molecule has 4 aliphatic carbocycles. The maximum Gasteiger partial charge on any atom is 0.106 e. The van der Waals surface area contributed by atoms with Crippen molar-refractivity contribution in [2.24, 2.45) is 40.4 Å². The van der Waals surface area contributed by atoms with E-state index < -0.39 is 0 Å². The first-order valence-electron chi connectivity index (χ1n) is 13.4. The average Bonchev–Trinajstić information content (AvgIpc) is 3.33. The lowest BCUT2D eigenvalue weighted by atomic mass is 9.47. The predicted molar refractivity (Wildman–Crippen MR) is 126 cm³/mol. The minimum absolute atomic E-state index is 0.00179. The van der Waals surface area contributed by atoms with Gasteiger partial charge >= 0.3 is 0 Å². The van der Waals surface area contributed by atoms with Crippen LogP contribution in [0.15, 0.2) is 23.8 Å². The molecule has 172 valence electrons. The van der Waals surface area contributed by atoms with Crippen LogP contribution < -0.4 is 0 Å². The van der Waals surface area contributed by atoms with Gasteiger partial charge in [-0.15, -0.1) is 0 Å². The molecule has 0 aromatic heterocycles. The summed E-state index contributed by atoms with van der Waals surface area (Å²) in [6.07, 6.45) is 15.8. The van der Waals surface area contributed by atoms with Gasteiger partial charge in [0, 0.05) is 0 Å². The van der Waals surface area contributed by atoms with Crippen LogP contribution in [0.25, 0.3) is 0 Å². The Balaban J connectivity index is 1.24. The molecule has 6 aliphatic rings. The van der Waals surface area contributed by atoms with Gasteiger partial charge in [0.15, 0.2) is 0 Å². The number of allylic oxidation sites excluding steroid dienone is 1. The van der Waals surface area contributed by atoms with E-state index in [1.165, 1.54) is 63.4 Å². The first-order chi connectivity index (χ1) is 14.7. The first kappa shape index (κ1) is 21.0. The zero-order valence-corrected chi connectivity index (χ0v) is 20.6. The van der Waals surface area contributed by atoms with Crippen molar-refractivity contribution < 1.29 is 9.47 Å². The lowest BCUT2D eigenvalue weighted by molar-refractivity contribution is -0.0467. The molecule has 0 spiro atoms. The van der Waals surface area contributed by atoms with E-state index in [1.54, 1.807) is 5.57 Å². The van der Waals surface area contributed by atoms with Crippen LogP contribution in [-0.2, 0) is 9.47 Å². The van der Waals surface area contributed by atoms with Gasteiger partial charge in [-0.2, -0.15) is 0 Å². The molecule has 6 rings (SSSR count). The lowest BCUT2D eigenvalue weighted by Crippen LogP contribution is -2.50. The Morgan fingerprint density at radius 2 is 1.87 bits per heavy atom. The van der Waals surface area contributed by atoms with Crippen molar-refractivity contribution in [1.82, 2.24) is 0 Å². The molecular formula is C29H44O2. The van der Waals surface area contributed by atoms with Gasteiger partial charge in [0.2, 0.25) is 0 Å². The summed E-state index contributed by atoms with van der Waals surface area (Å²) in [5.41, 5.74) is 3.97. The number of hydrogen-bond acceptors (Lipinski definition) is 2. The molecule has 2 nitrogen and oxygen atoms in total. The molecule has 0 amide bonds. The molecule has 31 heavy (non-hydrogen) atoms. The van der Waals surface area contributed by atoms with Crippen molar-refractivity contribution >= 4 is 0 Å². The molecule has 5 fully saturated rings. The number of epoxide rings is 1. The molecule has 0 aromatic carbocycles. The zero-order valence-electron chi connectivity index (χ0n) is 20.6. The van der Waals surface area contributed by atoms with Crippen LogP contribution in [-0.4, -0.2) is 23.9 Å². The van der Waals surface area contributed by atoms with Crippen LogP contribution in [0.1, 0.15) is 92.4 Å². The Kier molecular flexibility index (Phi) is 4.55. The number of hydrogen-bond donors (Lipinski definition) is 0. The summed E-state index contributed by atoms with van der Waals surface area (Å²) in [7, 11) is 0. The molecule has 3 saturated carbocycles. The Morgan fingerprint density at radius 3 is 2.61 bits per heavy atom. The topological polar surface area (TPSA) is 21.8 Å². The van der Waals surface area contributed by atoms with Crippen molar-refractivity contribution in [3.8, 4) is 0 Å². The van der Waals surface area contributed by atoms with Crippen molar-refractivity contribution in [1.29, 1.82) is 0 Å². The van der Waals surface area contributed by atoms with Gasteiger partial charge in [0.1, 0.15) is 6.10 Å². The highest BCUT2D eigenvalue weighted by molar-refractivity contribution is 5.33.